The minimum Gasteiger partial charge on any atom is -0.384 e. The normalized spacial score (nSPS) is 18.1. The lowest BCUT2D eigenvalue weighted by Crippen LogP contribution is -2.53. The van der Waals surface area contributed by atoms with Crippen LogP contribution in [0.4, 0.5) is 5.69 Å². The van der Waals surface area contributed by atoms with E-state index in [0.717, 1.165) is 30.6 Å². The topological polar surface area (TPSA) is 78.5 Å². The quantitative estimate of drug-likeness (QED) is 0.714. The molecule has 0 radical (unpaired) electrons. The van der Waals surface area contributed by atoms with Gasteiger partial charge in [-0.25, -0.2) is 0 Å². The van der Waals surface area contributed by atoms with E-state index in [-0.39, 0.29) is 19.0 Å². The van der Waals surface area contributed by atoms with Crippen molar-refractivity contribution >= 4 is 23.4 Å². The van der Waals surface area contributed by atoms with E-state index in [1.165, 1.54) is 4.90 Å². The zero-order valence-electron chi connectivity index (χ0n) is 10.9. The predicted molar refractivity (Wildman–Crippen MR) is 72.3 cm³/mol. The maximum Gasteiger partial charge on any atom is 0.256 e. The molecule has 0 unspecified atom stereocenters. The van der Waals surface area contributed by atoms with Crippen LogP contribution in [-0.2, 0) is 16.0 Å². The Balaban J connectivity index is 1.91. The van der Waals surface area contributed by atoms with Crippen molar-refractivity contribution in [3.63, 3.8) is 0 Å². The van der Waals surface area contributed by atoms with E-state index in [1.807, 2.05) is 12.1 Å². The second-order valence-electron chi connectivity index (χ2n) is 5.00. The average molecular weight is 273 g/mol. The van der Waals surface area contributed by atoms with Gasteiger partial charge in [-0.2, -0.15) is 0 Å². The summed E-state index contributed by atoms with van der Waals surface area (Å²) in [6.07, 6.45) is 1.97. The van der Waals surface area contributed by atoms with Crippen LogP contribution in [0, 0.1) is 0 Å². The summed E-state index contributed by atoms with van der Waals surface area (Å²) in [4.78, 5) is 36.5. The van der Waals surface area contributed by atoms with Gasteiger partial charge in [0.25, 0.3) is 5.91 Å². The molecule has 1 aromatic rings. The number of carbonyl (C=O) groups is 3. The third-order valence-corrected chi connectivity index (χ3v) is 3.54. The molecule has 20 heavy (non-hydrogen) atoms. The molecule has 2 aliphatic rings. The highest BCUT2D eigenvalue weighted by molar-refractivity contribution is 6.07. The van der Waals surface area contributed by atoms with Crippen LogP contribution in [0.2, 0.25) is 0 Å². The third-order valence-electron chi connectivity index (χ3n) is 3.54. The van der Waals surface area contributed by atoms with Crippen LogP contribution >= 0.6 is 0 Å². The monoisotopic (exact) mass is 273 g/mol. The lowest BCUT2D eigenvalue weighted by Gasteiger charge is -2.28. The number of imide groups is 1. The molecule has 0 atom stereocenters. The summed E-state index contributed by atoms with van der Waals surface area (Å²) in [6.45, 7) is 0.680. The standard InChI is InChI=1S/C14H15N3O3/c18-11-7-17(8-12(19)16-11)14(20)10-5-1-3-9-4-2-6-15-13(9)10/h1,3,5,15H,2,4,6-8H2,(H,16,18,19). The molecule has 0 aromatic heterocycles. The highest BCUT2D eigenvalue weighted by Crippen LogP contribution is 2.27. The second-order valence-corrected chi connectivity index (χ2v) is 5.00. The first-order chi connectivity index (χ1) is 9.65. The maximum atomic E-state index is 12.5. The number of piperazine rings is 1. The van der Waals surface area contributed by atoms with E-state index in [1.54, 1.807) is 6.07 Å². The second kappa shape index (κ2) is 4.96. The smallest absolute Gasteiger partial charge is 0.256 e. The van der Waals surface area contributed by atoms with Gasteiger partial charge >= 0.3 is 0 Å². The van der Waals surface area contributed by atoms with Crippen molar-refractivity contribution in [3.8, 4) is 0 Å². The third kappa shape index (κ3) is 2.24. The first-order valence-corrected chi connectivity index (χ1v) is 6.63. The molecule has 0 saturated carbocycles. The van der Waals surface area contributed by atoms with Crippen molar-refractivity contribution in [3.05, 3.63) is 29.3 Å². The minimum absolute atomic E-state index is 0.0752. The minimum atomic E-state index is -0.438. The number of fused-ring (bicyclic) bond motifs is 1. The molecule has 6 heteroatoms. The number of hydrogen-bond donors (Lipinski definition) is 2. The Labute approximate surface area is 116 Å². The fraction of sp³-hybridized carbons (Fsp3) is 0.357. The number of anilines is 1. The molecular formula is C14H15N3O3. The molecule has 3 rings (SSSR count). The lowest BCUT2D eigenvalue weighted by atomic mass is 9.98. The Morgan fingerprint density at radius 1 is 1.15 bits per heavy atom. The fourth-order valence-electron chi connectivity index (χ4n) is 2.64. The van der Waals surface area contributed by atoms with E-state index >= 15 is 0 Å². The van der Waals surface area contributed by atoms with E-state index in [9.17, 15) is 14.4 Å². The number of benzene rings is 1. The summed E-state index contributed by atoms with van der Waals surface area (Å²) in [7, 11) is 0. The van der Waals surface area contributed by atoms with Gasteiger partial charge < -0.3 is 10.2 Å². The SMILES string of the molecule is O=C1CN(C(=O)c2cccc3c2NCCC3)CC(=O)N1. The molecule has 0 spiro atoms. The molecule has 1 aromatic carbocycles. The molecule has 2 N–H and O–H groups in total. The molecular weight excluding hydrogens is 258 g/mol. The van der Waals surface area contributed by atoms with Crippen LogP contribution < -0.4 is 10.6 Å². The van der Waals surface area contributed by atoms with Crippen LogP contribution in [-0.4, -0.2) is 42.3 Å². The predicted octanol–water partition coefficient (Wildman–Crippen LogP) is 0.143. The number of nitrogens with zero attached hydrogens (tertiary/aromatic N) is 1. The van der Waals surface area contributed by atoms with Crippen molar-refractivity contribution in [2.24, 2.45) is 0 Å². The zero-order valence-corrected chi connectivity index (χ0v) is 10.9. The number of amides is 3. The lowest BCUT2D eigenvalue weighted by molar-refractivity contribution is -0.135. The number of aryl methyl sites for hydroxylation is 1. The summed E-state index contributed by atoms with van der Waals surface area (Å²) in [5.74, 6) is -1.15. The molecule has 0 aliphatic carbocycles. The molecule has 6 nitrogen and oxygen atoms in total. The number of nitrogens with one attached hydrogen (secondary N) is 2. The highest BCUT2D eigenvalue weighted by atomic mass is 16.2. The van der Waals surface area contributed by atoms with Gasteiger partial charge in [-0.1, -0.05) is 12.1 Å². The Morgan fingerprint density at radius 3 is 2.65 bits per heavy atom. The Bertz CT molecular complexity index is 581. The fourth-order valence-corrected chi connectivity index (χ4v) is 2.64. The van der Waals surface area contributed by atoms with Crippen LogP contribution in [0.5, 0.6) is 0 Å². The van der Waals surface area contributed by atoms with Gasteiger partial charge in [-0.3, -0.25) is 19.7 Å². The molecule has 2 aliphatic heterocycles. The summed E-state index contributed by atoms with van der Waals surface area (Å²) < 4.78 is 0. The summed E-state index contributed by atoms with van der Waals surface area (Å²) >= 11 is 0. The van der Waals surface area contributed by atoms with Gasteiger partial charge in [0.05, 0.1) is 11.3 Å². The van der Waals surface area contributed by atoms with Gasteiger partial charge in [0, 0.05) is 6.54 Å². The average Bonchev–Trinajstić information content (AvgIpc) is 2.45. The van der Waals surface area contributed by atoms with Crippen molar-refractivity contribution in [1.82, 2.24) is 10.2 Å². The largest absolute Gasteiger partial charge is 0.384 e. The van der Waals surface area contributed by atoms with E-state index in [2.05, 4.69) is 10.6 Å². The van der Waals surface area contributed by atoms with Gasteiger partial charge in [0.2, 0.25) is 11.8 Å². The number of rotatable bonds is 1. The van der Waals surface area contributed by atoms with E-state index < -0.39 is 11.8 Å². The van der Waals surface area contributed by atoms with Crippen molar-refractivity contribution in [2.45, 2.75) is 12.8 Å². The summed E-state index contributed by atoms with van der Waals surface area (Å²) in [6, 6.07) is 5.56. The molecule has 104 valence electrons. The number of para-hydroxylation sites is 1. The van der Waals surface area contributed by atoms with Gasteiger partial charge in [0.15, 0.2) is 0 Å². The van der Waals surface area contributed by atoms with Crippen molar-refractivity contribution in [1.29, 1.82) is 0 Å². The molecule has 2 heterocycles. The number of hydrogen-bond acceptors (Lipinski definition) is 4. The van der Waals surface area contributed by atoms with E-state index in [4.69, 9.17) is 0 Å². The van der Waals surface area contributed by atoms with Crippen LogP contribution in [0.3, 0.4) is 0 Å². The molecule has 0 bridgehead atoms. The van der Waals surface area contributed by atoms with Gasteiger partial charge in [-0.15, -0.1) is 0 Å². The summed E-state index contributed by atoms with van der Waals surface area (Å²) in [5, 5.41) is 5.43. The molecule has 3 amide bonds. The zero-order chi connectivity index (χ0) is 14.1. The Kier molecular flexibility index (Phi) is 3.14. The Morgan fingerprint density at radius 2 is 1.90 bits per heavy atom. The van der Waals surface area contributed by atoms with Crippen LogP contribution in [0.15, 0.2) is 18.2 Å². The van der Waals surface area contributed by atoms with E-state index in [0.29, 0.717) is 5.56 Å². The summed E-state index contributed by atoms with van der Waals surface area (Å²) in [5.41, 5.74) is 2.47. The first kappa shape index (κ1) is 12.7. The van der Waals surface area contributed by atoms with Crippen LogP contribution in [0.25, 0.3) is 0 Å². The number of carbonyl (C=O) groups excluding carboxylic acids is 3. The molecule has 1 fully saturated rings. The Hall–Kier alpha value is -2.37. The van der Waals surface area contributed by atoms with Gasteiger partial charge in [0.1, 0.15) is 13.1 Å². The highest BCUT2D eigenvalue weighted by Gasteiger charge is 2.29. The first-order valence-electron chi connectivity index (χ1n) is 6.63. The van der Waals surface area contributed by atoms with Crippen LogP contribution in [0.1, 0.15) is 22.3 Å². The maximum absolute atomic E-state index is 12.5. The van der Waals surface area contributed by atoms with Crippen molar-refractivity contribution < 1.29 is 14.4 Å². The van der Waals surface area contributed by atoms with Crippen molar-refractivity contribution in [2.75, 3.05) is 25.0 Å². The van der Waals surface area contributed by atoms with Gasteiger partial charge in [-0.05, 0) is 24.5 Å². The molecule has 1 saturated heterocycles.